The first-order chi connectivity index (χ1) is 17.8. The molecule has 0 spiro atoms. The minimum absolute atomic E-state index is 0.332. The Morgan fingerprint density at radius 1 is 0.973 bits per heavy atom. The van der Waals surface area contributed by atoms with Crippen molar-refractivity contribution in [2.45, 2.75) is 33.0 Å². The summed E-state index contributed by atoms with van der Waals surface area (Å²) in [5.74, 6) is 0.701. The number of fused-ring (bicyclic) bond motifs is 1. The van der Waals surface area contributed by atoms with Crippen LogP contribution in [0, 0.1) is 0 Å². The number of hydrogen-bond donors (Lipinski definition) is 0. The van der Waals surface area contributed by atoms with E-state index in [9.17, 15) is 4.79 Å². The zero-order valence-electron chi connectivity index (χ0n) is 20.7. The first-order valence-corrected chi connectivity index (χ1v) is 12.6. The van der Waals surface area contributed by atoms with Gasteiger partial charge >= 0.3 is 6.09 Å². The Bertz CT molecular complexity index is 1560. The van der Waals surface area contributed by atoms with Gasteiger partial charge in [0.15, 0.2) is 0 Å². The van der Waals surface area contributed by atoms with Crippen molar-refractivity contribution in [2.24, 2.45) is 0 Å². The van der Waals surface area contributed by atoms with E-state index in [2.05, 4.69) is 31.0 Å². The second-order valence-electron chi connectivity index (χ2n) is 9.48. The van der Waals surface area contributed by atoms with Gasteiger partial charge in [-0.1, -0.05) is 34.1 Å². The molecule has 7 nitrogen and oxygen atoms in total. The monoisotopic (exact) mass is 556 g/mol. The molecule has 0 N–H and O–H groups in total. The molecule has 37 heavy (non-hydrogen) atoms. The van der Waals surface area contributed by atoms with Crippen LogP contribution in [0.25, 0.3) is 33.3 Å². The molecule has 0 saturated carbocycles. The van der Waals surface area contributed by atoms with E-state index < -0.39 is 11.7 Å². The molecule has 5 rings (SSSR count). The van der Waals surface area contributed by atoms with E-state index >= 15 is 0 Å². The van der Waals surface area contributed by atoms with Gasteiger partial charge in [-0.15, -0.1) is 0 Å². The van der Waals surface area contributed by atoms with Crippen LogP contribution in [0.4, 0.5) is 4.79 Å². The molecule has 3 aromatic heterocycles. The van der Waals surface area contributed by atoms with Gasteiger partial charge in [0.25, 0.3) is 0 Å². The summed E-state index contributed by atoms with van der Waals surface area (Å²) in [6, 6.07) is 21.3. The summed E-state index contributed by atoms with van der Waals surface area (Å²) >= 11 is 3.62. The molecule has 0 aliphatic rings. The summed E-state index contributed by atoms with van der Waals surface area (Å²) in [6.45, 7) is 5.80. The van der Waals surface area contributed by atoms with Crippen LogP contribution in [0.2, 0.25) is 0 Å². The fraction of sp³-hybridized carbons (Fsp3) is 0.172. The molecule has 0 fully saturated rings. The molecular formula is C29H25BrN4O3. The Labute approximate surface area is 223 Å². The van der Waals surface area contributed by atoms with Gasteiger partial charge in [-0.3, -0.25) is 4.98 Å². The van der Waals surface area contributed by atoms with Gasteiger partial charge in [-0.05, 0) is 74.9 Å². The summed E-state index contributed by atoms with van der Waals surface area (Å²) in [5, 5.41) is 5.63. The molecule has 0 saturated heterocycles. The first kappa shape index (κ1) is 24.6. The second kappa shape index (κ2) is 10.1. The van der Waals surface area contributed by atoms with Crippen LogP contribution in [0.5, 0.6) is 5.75 Å². The number of nitrogens with zero attached hydrogens (tertiary/aromatic N) is 4. The third-order valence-electron chi connectivity index (χ3n) is 5.52. The van der Waals surface area contributed by atoms with Crippen molar-refractivity contribution < 1.29 is 14.3 Å². The Hall–Kier alpha value is -4.04. The predicted octanol–water partition coefficient (Wildman–Crippen LogP) is 7.29. The fourth-order valence-electron chi connectivity index (χ4n) is 3.86. The third-order valence-corrected chi connectivity index (χ3v) is 6.18. The van der Waals surface area contributed by atoms with Crippen molar-refractivity contribution in [3.8, 4) is 28.1 Å². The summed E-state index contributed by atoms with van der Waals surface area (Å²) in [5.41, 5.74) is 4.30. The summed E-state index contributed by atoms with van der Waals surface area (Å²) in [6.07, 6.45) is 4.56. The number of benzene rings is 2. The van der Waals surface area contributed by atoms with Crippen molar-refractivity contribution in [3.63, 3.8) is 0 Å². The molecule has 0 bridgehead atoms. The number of halogens is 1. The number of rotatable bonds is 5. The minimum atomic E-state index is -0.630. The van der Waals surface area contributed by atoms with E-state index in [1.807, 2.05) is 87.5 Å². The Balaban J connectivity index is 1.39. The number of carbonyl (C=O) groups excluding carboxylic acids is 1. The lowest BCUT2D eigenvalue weighted by molar-refractivity contribution is 0.0515. The highest BCUT2D eigenvalue weighted by atomic mass is 79.9. The van der Waals surface area contributed by atoms with Gasteiger partial charge in [0.2, 0.25) is 0 Å². The Morgan fingerprint density at radius 2 is 1.70 bits per heavy atom. The largest absolute Gasteiger partial charge is 0.487 e. The van der Waals surface area contributed by atoms with Gasteiger partial charge in [-0.2, -0.15) is 9.78 Å². The van der Waals surface area contributed by atoms with E-state index in [1.54, 1.807) is 18.6 Å². The van der Waals surface area contributed by atoms with E-state index in [0.29, 0.717) is 18.1 Å². The molecule has 0 radical (unpaired) electrons. The van der Waals surface area contributed by atoms with Crippen LogP contribution in [-0.4, -0.2) is 31.4 Å². The predicted molar refractivity (Wildman–Crippen MR) is 146 cm³/mol. The average Bonchev–Trinajstić information content (AvgIpc) is 3.33. The number of pyridine rings is 2. The van der Waals surface area contributed by atoms with Crippen molar-refractivity contribution in [2.75, 3.05) is 0 Å². The van der Waals surface area contributed by atoms with E-state index in [4.69, 9.17) is 9.47 Å². The van der Waals surface area contributed by atoms with Gasteiger partial charge in [0.1, 0.15) is 23.7 Å². The molecule has 5 aromatic rings. The van der Waals surface area contributed by atoms with Crippen LogP contribution in [0.15, 0.2) is 89.8 Å². The van der Waals surface area contributed by atoms with Crippen LogP contribution >= 0.6 is 15.9 Å². The standard InChI is InChI=1S/C29H25BrN4O3/c1-29(2,3)37-28(35)34-17-24(19-12-14-31-15-13-19)27(33-34)20-8-10-22(11-9-20)36-18-21-16-25(30)23-6-4-5-7-26(23)32-21/h4-17H,18H2,1-3H3. The molecule has 3 heterocycles. The fourth-order valence-corrected chi connectivity index (χ4v) is 4.46. The Morgan fingerprint density at radius 3 is 2.43 bits per heavy atom. The molecular weight excluding hydrogens is 532 g/mol. The van der Waals surface area contributed by atoms with Gasteiger partial charge in [0.05, 0.1) is 11.2 Å². The van der Waals surface area contributed by atoms with Crippen molar-refractivity contribution in [3.05, 3.63) is 95.5 Å². The number of aromatic nitrogens is 4. The van der Waals surface area contributed by atoms with Gasteiger partial charge < -0.3 is 9.47 Å². The third kappa shape index (κ3) is 5.70. The number of ether oxygens (including phenoxy) is 2. The second-order valence-corrected chi connectivity index (χ2v) is 10.3. The molecule has 0 aliphatic carbocycles. The summed E-state index contributed by atoms with van der Waals surface area (Å²) < 4.78 is 13.7. The van der Waals surface area contributed by atoms with Crippen LogP contribution in [0.3, 0.4) is 0 Å². The van der Waals surface area contributed by atoms with E-state index in [1.165, 1.54) is 4.68 Å². The van der Waals surface area contributed by atoms with E-state index in [-0.39, 0.29) is 0 Å². The molecule has 2 aromatic carbocycles. The molecule has 0 amide bonds. The Kier molecular flexibility index (Phi) is 6.76. The summed E-state index contributed by atoms with van der Waals surface area (Å²) in [4.78, 5) is 21.5. The van der Waals surface area contributed by atoms with Crippen molar-refractivity contribution in [1.82, 2.24) is 19.7 Å². The van der Waals surface area contributed by atoms with Crippen LogP contribution in [0.1, 0.15) is 26.5 Å². The molecule has 186 valence electrons. The molecule has 0 aliphatic heterocycles. The minimum Gasteiger partial charge on any atom is -0.487 e. The highest BCUT2D eigenvalue weighted by molar-refractivity contribution is 9.10. The maximum absolute atomic E-state index is 12.7. The van der Waals surface area contributed by atoms with Crippen LogP contribution in [-0.2, 0) is 11.3 Å². The first-order valence-electron chi connectivity index (χ1n) is 11.8. The maximum Gasteiger partial charge on any atom is 0.435 e. The zero-order valence-corrected chi connectivity index (χ0v) is 22.3. The van der Waals surface area contributed by atoms with Crippen molar-refractivity contribution in [1.29, 1.82) is 0 Å². The maximum atomic E-state index is 12.7. The average molecular weight is 557 g/mol. The smallest absolute Gasteiger partial charge is 0.435 e. The van der Waals surface area contributed by atoms with E-state index in [0.717, 1.165) is 37.8 Å². The zero-order chi connectivity index (χ0) is 26.0. The topological polar surface area (TPSA) is 79.1 Å². The molecule has 8 heteroatoms. The highest BCUT2D eigenvalue weighted by Crippen LogP contribution is 2.32. The van der Waals surface area contributed by atoms with Gasteiger partial charge in [0, 0.05) is 39.6 Å². The number of carbonyl (C=O) groups is 1. The lowest BCUT2D eigenvalue weighted by Gasteiger charge is -2.18. The highest BCUT2D eigenvalue weighted by Gasteiger charge is 2.22. The van der Waals surface area contributed by atoms with Crippen LogP contribution < -0.4 is 4.74 Å². The van der Waals surface area contributed by atoms with Gasteiger partial charge in [-0.25, -0.2) is 9.78 Å². The quantitative estimate of drug-likeness (QED) is 0.226. The molecule has 0 unspecified atom stereocenters. The number of para-hydroxylation sites is 1. The lowest BCUT2D eigenvalue weighted by atomic mass is 10.0. The molecule has 0 atom stereocenters. The number of hydrogen-bond acceptors (Lipinski definition) is 6. The SMILES string of the molecule is CC(C)(C)OC(=O)n1cc(-c2ccncc2)c(-c2ccc(OCc3cc(Br)c4ccccc4n3)cc2)n1. The normalized spacial score (nSPS) is 11.5. The summed E-state index contributed by atoms with van der Waals surface area (Å²) in [7, 11) is 0. The van der Waals surface area contributed by atoms with Crippen molar-refractivity contribution >= 4 is 32.9 Å². The lowest BCUT2D eigenvalue weighted by Crippen LogP contribution is -2.27.